The molecule has 2 unspecified atom stereocenters. The topological polar surface area (TPSA) is 68.1 Å². The number of nitrogens with zero attached hydrogens (tertiary/aromatic N) is 4. The Bertz CT molecular complexity index is 1230. The molecule has 0 aromatic carbocycles. The van der Waals surface area contributed by atoms with Crippen molar-refractivity contribution in [3.8, 4) is 11.3 Å². The normalized spacial score (nSPS) is 30.8. The highest BCUT2D eigenvalue weighted by Crippen LogP contribution is 2.64. The molecule has 198 valence electrons. The van der Waals surface area contributed by atoms with Crippen LogP contribution in [0.1, 0.15) is 69.7 Å². The van der Waals surface area contributed by atoms with Crippen molar-refractivity contribution in [2.24, 2.45) is 17.3 Å². The molecule has 0 amide bonds. The van der Waals surface area contributed by atoms with Gasteiger partial charge in [0, 0.05) is 54.5 Å². The number of sulfone groups is 1. The van der Waals surface area contributed by atoms with Gasteiger partial charge in [-0.15, -0.1) is 0 Å². The zero-order valence-electron chi connectivity index (χ0n) is 21.3. The number of halogens is 3. The first-order valence-electron chi connectivity index (χ1n) is 12.8. The molecule has 0 N–H and O–H groups in total. The quantitative estimate of drug-likeness (QED) is 0.499. The summed E-state index contributed by atoms with van der Waals surface area (Å²) in [5, 5.41) is 4.70. The molecule has 3 fully saturated rings. The average Bonchev–Trinajstić information content (AvgIpc) is 3.20. The third-order valence-corrected chi connectivity index (χ3v) is 9.50. The van der Waals surface area contributed by atoms with E-state index in [-0.39, 0.29) is 17.2 Å². The average molecular weight is 525 g/mol. The Morgan fingerprint density at radius 1 is 1.17 bits per heavy atom. The van der Waals surface area contributed by atoms with Crippen molar-refractivity contribution in [2.75, 3.05) is 25.1 Å². The van der Waals surface area contributed by atoms with E-state index in [4.69, 9.17) is 5.10 Å². The van der Waals surface area contributed by atoms with E-state index in [1.54, 1.807) is 0 Å². The molecule has 0 bridgehead atoms. The van der Waals surface area contributed by atoms with Crippen molar-refractivity contribution < 1.29 is 21.6 Å². The minimum absolute atomic E-state index is 0.0550. The molecule has 2 aromatic rings. The lowest BCUT2D eigenvalue weighted by atomic mass is 9.87. The highest BCUT2D eigenvalue weighted by atomic mass is 32.2. The van der Waals surface area contributed by atoms with E-state index in [9.17, 15) is 21.6 Å². The fraction of sp³-hybridized carbons (Fsp3) is 0.692. The maximum Gasteiger partial charge on any atom is 0.417 e. The Kier molecular flexibility index (Phi) is 6.30. The van der Waals surface area contributed by atoms with E-state index < -0.39 is 21.6 Å². The predicted molar refractivity (Wildman–Crippen MR) is 132 cm³/mol. The second-order valence-electron chi connectivity index (χ2n) is 11.8. The Labute approximate surface area is 211 Å². The standard InChI is InChI=1S/C26H35F3N4O2S/c1-16(2)33-23(12-22(31-33)17-9-18(14-30-13-17)26(27,28)29)24-20-10-19(11-21(20)24)32-7-5-25(3,15-32)6-8-36(4,34)35/h9,12-14,16,19-21,24H,5-8,10-11,15H2,1-4H3/t19?,20-,21+,24?,25-/m1/s1. The maximum atomic E-state index is 13.2. The zero-order chi connectivity index (χ0) is 26.0. The van der Waals surface area contributed by atoms with Crippen molar-refractivity contribution in [1.29, 1.82) is 0 Å². The molecule has 36 heavy (non-hydrogen) atoms. The Morgan fingerprint density at radius 3 is 2.47 bits per heavy atom. The number of hydrogen-bond donors (Lipinski definition) is 0. The Balaban J connectivity index is 1.27. The van der Waals surface area contributed by atoms with Crippen molar-refractivity contribution in [3.05, 3.63) is 35.8 Å². The highest BCUT2D eigenvalue weighted by Gasteiger charge is 2.59. The highest BCUT2D eigenvalue weighted by molar-refractivity contribution is 7.90. The van der Waals surface area contributed by atoms with Crippen LogP contribution in [0, 0.1) is 17.3 Å². The minimum Gasteiger partial charge on any atom is -0.300 e. The second kappa shape index (κ2) is 8.82. The second-order valence-corrected chi connectivity index (χ2v) is 14.1. The van der Waals surface area contributed by atoms with Crippen LogP contribution in [0.5, 0.6) is 0 Å². The number of alkyl halides is 3. The third kappa shape index (κ3) is 5.08. The first-order valence-corrected chi connectivity index (χ1v) is 14.8. The van der Waals surface area contributed by atoms with Gasteiger partial charge in [-0.05, 0) is 75.5 Å². The first-order chi connectivity index (χ1) is 16.7. The van der Waals surface area contributed by atoms with Crippen LogP contribution in [0.15, 0.2) is 24.5 Å². The summed E-state index contributed by atoms with van der Waals surface area (Å²) in [6, 6.07) is 3.73. The van der Waals surface area contributed by atoms with Crippen LogP contribution in [-0.2, 0) is 16.0 Å². The molecule has 1 aliphatic heterocycles. The van der Waals surface area contributed by atoms with Crippen molar-refractivity contribution >= 4 is 9.84 Å². The van der Waals surface area contributed by atoms with Gasteiger partial charge in [0.15, 0.2) is 0 Å². The molecule has 0 radical (unpaired) electrons. The number of hydrogen-bond acceptors (Lipinski definition) is 5. The van der Waals surface area contributed by atoms with E-state index in [0.29, 0.717) is 41.5 Å². The van der Waals surface area contributed by atoms with Gasteiger partial charge in [0.2, 0.25) is 0 Å². The largest absolute Gasteiger partial charge is 0.417 e. The van der Waals surface area contributed by atoms with Gasteiger partial charge in [-0.1, -0.05) is 6.92 Å². The lowest BCUT2D eigenvalue weighted by molar-refractivity contribution is -0.137. The van der Waals surface area contributed by atoms with Gasteiger partial charge in [-0.2, -0.15) is 18.3 Å². The van der Waals surface area contributed by atoms with Gasteiger partial charge in [-0.25, -0.2) is 8.42 Å². The van der Waals surface area contributed by atoms with Crippen molar-refractivity contribution in [1.82, 2.24) is 19.7 Å². The van der Waals surface area contributed by atoms with Gasteiger partial charge >= 0.3 is 6.18 Å². The van der Waals surface area contributed by atoms with Crippen LogP contribution in [-0.4, -0.2) is 59.2 Å². The van der Waals surface area contributed by atoms with E-state index in [1.807, 2.05) is 24.6 Å². The lowest BCUT2D eigenvalue weighted by Gasteiger charge is -2.29. The molecular weight excluding hydrogens is 489 g/mol. The van der Waals surface area contributed by atoms with Crippen LogP contribution in [0.4, 0.5) is 13.2 Å². The molecular formula is C26H35F3N4O2S. The molecule has 3 aliphatic rings. The molecule has 2 aliphatic carbocycles. The molecule has 2 aromatic heterocycles. The third-order valence-electron chi connectivity index (χ3n) is 8.56. The van der Waals surface area contributed by atoms with Gasteiger partial charge in [-0.3, -0.25) is 14.6 Å². The van der Waals surface area contributed by atoms with Crippen molar-refractivity contribution in [3.63, 3.8) is 0 Å². The van der Waals surface area contributed by atoms with Gasteiger partial charge < -0.3 is 0 Å². The monoisotopic (exact) mass is 524 g/mol. The molecule has 10 heteroatoms. The number of likely N-dealkylation sites (tertiary alicyclic amines) is 1. The van der Waals surface area contributed by atoms with Crippen molar-refractivity contribution in [2.45, 2.75) is 70.6 Å². The van der Waals surface area contributed by atoms with Crippen LogP contribution in [0.3, 0.4) is 0 Å². The van der Waals surface area contributed by atoms with E-state index >= 15 is 0 Å². The van der Waals surface area contributed by atoms with Gasteiger partial charge in [0.25, 0.3) is 0 Å². The molecule has 0 spiro atoms. The summed E-state index contributed by atoms with van der Waals surface area (Å²) in [5.74, 6) is 1.78. The number of rotatable bonds is 7. The predicted octanol–water partition coefficient (Wildman–Crippen LogP) is 5.18. The maximum absolute atomic E-state index is 13.2. The summed E-state index contributed by atoms with van der Waals surface area (Å²) in [6.45, 7) is 8.28. The van der Waals surface area contributed by atoms with Gasteiger partial charge in [0.05, 0.1) is 17.0 Å². The van der Waals surface area contributed by atoms with Crippen LogP contribution < -0.4 is 0 Å². The smallest absolute Gasteiger partial charge is 0.300 e. The van der Waals surface area contributed by atoms with Gasteiger partial charge in [0.1, 0.15) is 9.84 Å². The van der Waals surface area contributed by atoms with Crippen LogP contribution in [0.25, 0.3) is 11.3 Å². The molecule has 6 nitrogen and oxygen atoms in total. The Hall–Kier alpha value is -1.94. The fourth-order valence-corrected chi connectivity index (χ4v) is 7.37. The molecule has 1 saturated heterocycles. The summed E-state index contributed by atoms with van der Waals surface area (Å²) >= 11 is 0. The molecule has 3 heterocycles. The SMILES string of the molecule is CC(C)n1nc(-c2cncc(C(F)(F)F)c2)cc1C1[C@H]2CC(N3CC[C@](C)(CCS(C)(=O)=O)C3)C[C@@H]12. The first kappa shape index (κ1) is 25.7. The summed E-state index contributed by atoms with van der Waals surface area (Å²) < 4.78 is 64.9. The summed E-state index contributed by atoms with van der Waals surface area (Å²) in [6.07, 6.45) is 3.14. The summed E-state index contributed by atoms with van der Waals surface area (Å²) in [7, 11) is -2.95. The Morgan fingerprint density at radius 2 is 1.86 bits per heavy atom. The summed E-state index contributed by atoms with van der Waals surface area (Å²) in [5.41, 5.74) is 1.34. The van der Waals surface area contributed by atoms with E-state index in [2.05, 4.69) is 16.8 Å². The van der Waals surface area contributed by atoms with E-state index in [1.165, 1.54) is 12.5 Å². The van der Waals surface area contributed by atoms with E-state index in [0.717, 1.165) is 50.3 Å². The van der Waals surface area contributed by atoms with Crippen LogP contribution in [0.2, 0.25) is 0 Å². The van der Waals surface area contributed by atoms with Crippen LogP contribution >= 0.6 is 0 Å². The summed E-state index contributed by atoms with van der Waals surface area (Å²) in [4.78, 5) is 6.37. The zero-order valence-corrected chi connectivity index (χ0v) is 22.1. The number of aromatic nitrogens is 3. The number of pyridine rings is 1. The number of fused-ring (bicyclic) bond motifs is 1. The molecule has 5 atom stereocenters. The minimum atomic E-state index is -4.44. The molecule has 2 saturated carbocycles. The fourth-order valence-electron chi connectivity index (χ4n) is 6.51. The lowest BCUT2D eigenvalue weighted by Crippen LogP contribution is -2.35. The molecule has 5 rings (SSSR count).